The molecule has 0 radical (unpaired) electrons. The molecule has 2 rings (SSSR count). The molecule has 2 aromatic carbocycles. The molecule has 0 heterocycles. The van der Waals surface area contributed by atoms with Crippen LogP contribution in [0.5, 0.6) is 5.75 Å². The minimum Gasteiger partial charge on any atom is -0.497 e. The number of carbonyl (C=O) groups is 1. The smallest absolute Gasteiger partial charge is 0.168 e. The van der Waals surface area contributed by atoms with E-state index in [1.807, 2.05) is 42.5 Å². The molecule has 0 saturated heterocycles. The van der Waals surface area contributed by atoms with Gasteiger partial charge in [0.15, 0.2) is 5.78 Å². The van der Waals surface area contributed by atoms with Crippen molar-refractivity contribution in [1.29, 1.82) is 0 Å². The van der Waals surface area contributed by atoms with Crippen LogP contribution < -0.4 is 4.74 Å². The van der Waals surface area contributed by atoms with Crippen molar-refractivity contribution in [3.63, 3.8) is 0 Å². The Morgan fingerprint density at radius 1 is 1.26 bits per heavy atom. The van der Waals surface area contributed by atoms with Gasteiger partial charge in [0, 0.05) is 20.0 Å². The molecule has 19 heavy (non-hydrogen) atoms. The molecule has 0 fully saturated rings. The Morgan fingerprint density at radius 2 is 2.05 bits per heavy atom. The molecule has 0 spiro atoms. The molecule has 0 unspecified atom stereocenters. The van der Waals surface area contributed by atoms with E-state index in [1.54, 1.807) is 7.11 Å². The number of rotatable bonds is 4. The molecule has 0 saturated carbocycles. The summed E-state index contributed by atoms with van der Waals surface area (Å²) in [6.07, 6.45) is 0.379. The fraction of sp³-hybridized carbons (Fsp3) is 0.133. The van der Waals surface area contributed by atoms with Gasteiger partial charge in [-0.15, -0.1) is 0 Å². The lowest BCUT2D eigenvalue weighted by Crippen LogP contribution is -2.05. The van der Waals surface area contributed by atoms with Crippen molar-refractivity contribution in [2.24, 2.45) is 0 Å². The Bertz CT molecular complexity index is 611. The molecule has 0 aliphatic rings. The number of halogens is 2. The zero-order valence-electron chi connectivity index (χ0n) is 10.3. The second-order valence-corrected chi connectivity index (χ2v) is 6.15. The van der Waals surface area contributed by atoms with Crippen molar-refractivity contribution >= 4 is 44.3 Å². The second-order valence-electron chi connectivity index (χ2n) is 4.08. The van der Waals surface area contributed by atoms with Gasteiger partial charge < -0.3 is 4.74 Å². The predicted octanol–water partition coefficient (Wildman–Crippen LogP) is 4.49. The lowest BCUT2D eigenvalue weighted by molar-refractivity contribution is 0.0992. The SMILES string of the molecule is COc1cccc(CC(=O)c2cc(Br)ccc2I)c1. The Morgan fingerprint density at radius 3 is 2.79 bits per heavy atom. The Hall–Kier alpha value is -0.880. The first-order valence-corrected chi connectivity index (χ1v) is 7.58. The quantitative estimate of drug-likeness (QED) is 0.527. The maximum atomic E-state index is 12.3. The van der Waals surface area contributed by atoms with Gasteiger partial charge >= 0.3 is 0 Å². The highest BCUT2D eigenvalue weighted by atomic mass is 127. The summed E-state index contributed by atoms with van der Waals surface area (Å²) in [5, 5.41) is 0. The van der Waals surface area contributed by atoms with Crippen molar-refractivity contribution < 1.29 is 9.53 Å². The Kier molecular flexibility index (Phi) is 4.99. The molecule has 0 amide bonds. The molecule has 98 valence electrons. The molecule has 0 bridgehead atoms. The van der Waals surface area contributed by atoms with E-state index in [9.17, 15) is 4.79 Å². The summed E-state index contributed by atoms with van der Waals surface area (Å²) in [6, 6.07) is 13.3. The monoisotopic (exact) mass is 430 g/mol. The molecule has 0 aromatic heterocycles. The minimum atomic E-state index is 0.110. The molecule has 2 aromatic rings. The maximum absolute atomic E-state index is 12.3. The largest absolute Gasteiger partial charge is 0.497 e. The zero-order chi connectivity index (χ0) is 13.8. The van der Waals surface area contributed by atoms with E-state index in [-0.39, 0.29) is 5.78 Å². The van der Waals surface area contributed by atoms with Crippen molar-refractivity contribution in [2.45, 2.75) is 6.42 Å². The lowest BCUT2D eigenvalue weighted by Gasteiger charge is -2.06. The maximum Gasteiger partial charge on any atom is 0.168 e. The predicted molar refractivity (Wildman–Crippen MR) is 87.9 cm³/mol. The molecule has 4 heteroatoms. The van der Waals surface area contributed by atoms with E-state index < -0.39 is 0 Å². The second kappa shape index (κ2) is 6.52. The van der Waals surface area contributed by atoms with E-state index in [2.05, 4.69) is 38.5 Å². The van der Waals surface area contributed by atoms with Crippen molar-refractivity contribution in [3.8, 4) is 5.75 Å². The normalized spacial score (nSPS) is 10.3. The van der Waals surface area contributed by atoms with Gasteiger partial charge in [-0.2, -0.15) is 0 Å². The van der Waals surface area contributed by atoms with Crippen LogP contribution in [0, 0.1) is 3.57 Å². The van der Waals surface area contributed by atoms with Crippen LogP contribution in [-0.2, 0) is 6.42 Å². The number of hydrogen-bond donors (Lipinski definition) is 0. The zero-order valence-corrected chi connectivity index (χ0v) is 14.1. The number of carbonyl (C=O) groups excluding carboxylic acids is 1. The van der Waals surface area contributed by atoms with Gasteiger partial charge in [-0.1, -0.05) is 28.1 Å². The van der Waals surface area contributed by atoms with Crippen LogP contribution in [0.2, 0.25) is 0 Å². The Balaban J connectivity index is 2.23. The molecular formula is C15H12BrIO2. The summed E-state index contributed by atoms with van der Waals surface area (Å²) < 4.78 is 7.05. The highest BCUT2D eigenvalue weighted by molar-refractivity contribution is 14.1. The van der Waals surface area contributed by atoms with E-state index in [4.69, 9.17) is 4.74 Å². The third-order valence-electron chi connectivity index (χ3n) is 2.73. The summed E-state index contributed by atoms with van der Waals surface area (Å²) in [7, 11) is 1.62. The molecule has 0 N–H and O–H groups in total. The standard InChI is InChI=1S/C15H12BrIO2/c1-19-12-4-2-3-10(7-12)8-15(18)13-9-11(16)5-6-14(13)17/h2-7,9H,8H2,1H3. The highest BCUT2D eigenvalue weighted by Gasteiger charge is 2.11. The van der Waals surface area contributed by atoms with Crippen molar-refractivity contribution in [3.05, 3.63) is 61.6 Å². The van der Waals surface area contributed by atoms with E-state index >= 15 is 0 Å². The van der Waals surface area contributed by atoms with Gasteiger partial charge in [0.05, 0.1) is 7.11 Å². The fourth-order valence-corrected chi connectivity index (χ4v) is 2.77. The average molecular weight is 431 g/mol. The van der Waals surface area contributed by atoms with E-state index in [0.29, 0.717) is 6.42 Å². The highest BCUT2D eigenvalue weighted by Crippen LogP contribution is 2.21. The van der Waals surface area contributed by atoms with Crippen molar-refractivity contribution in [2.75, 3.05) is 7.11 Å². The van der Waals surface area contributed by atoms with Crippen LogP contribution in [0.15, 0.2) is 46.9 Å². The van der Waals surface area contributed by atoms with Gasteiger partial charge in [0.25, 0.3) is 0 Å². The van der Waals surface area contributed by atoms with E-state index in [1.165, 1.54) is 0 Å². The number of Topliss-reactive ketones (excluding diaryl/α,β-unsaturated/α-hetero) is 1. The summed E-state index contributed by atoms with van der Waals surface area (Å²) in [5.74, 6) is 0.883. The van der Waals surface area contributed by atoms with Gasteiger partial charge in [0.1, 0.15) is 5.75 Å². The third kappa shape index (κ3) is 3.79. The van der Waals surface area contributed by atoms with Crippen molar-refractivity contribution in [1.82, 2.24) is 0 Å². The summed E-state index contributed by atoms with van der Waals surface area (Å²) in [4.78, 5) is 12.3. The van der Waals surface area contributed by atoms with Gasteiger partial charge in [-0.25, -0.2) is 0 Å². The number of hydrogen-bond acceptors (Lipinski definition) is 2. The fourth-order valence-electron chi connectivity index (χ4n) is 1.77. The third-order valence-corrected chi connectivity index (χ3v) is 4.16. The Labute approximate surface area is 134 Å². The summed E-state index contributed by atoms with van der Waals surface area (Å²) in [5.41, 5.74) is 1.71. The minimum absolute atomic E-state index is 0.110. The molecule has 0 aliphatic heterocycles. The van der Waals surface area contributed by atoms with E-state index in [0.717, 1.165) is 24.9 Å². The van der Waals surface area contributed by atoms with Crippen LogP contribution in [0.4, 0.5) is 0 Å². The number of methoxy groups -OCH3 is 1. The summed E-state index contributed by atoms with van der Waals surface area (Å²) in [6.45, 7) is 0. The van der Waals surface area contributed by atoms with Crippen LogP contribution in [-0.4, -0.2) is 12.9 Å². The topological polar surface area (TPSA) is 26.3 Å². The summed E-state index contributed by atoms with van der Waals surface area (Å²) >= 11 is 5.58. The number of benzene rings is 2. The lowest BCUT2D eigenvalue weighted by atomic mass is 10.0. The molecule has 2 nitrogen and oxygen atoms in total. The molecule has 0 aliphatic carbocycles. The molecule has 0 atom stereocenters. The first-order valence-electron chi connectivity index (χ1n) is 5.71. The number of ether oxygens (including phenoxy) is 1. The van der Waals surface area contributed by atoms with Gasteiger partial charge in [-0.05, 0) is 58.5 Å². The van der Waals surface area contributed by atoms with Crippen LogP contribution in [0.25, 0.3) is 0 Å². The van der Waals surface area contributed by atoms with Crippen LogP contribution in [0.1, 0.15) is 15.9 Å². The number of ketones is 1. The van der Waals surface area contributed by atoms with Crippen LogP contribution in [0.3, 0.4) is 0 Å². The first-order chi connectivity index (χ1) is 9.10. The average Bonchev–Trinajstić information content (AvgIpc) is 2.41. The van der Waals surface area contributed by atoms with Crippen LogP contribution >= 0.6 is 38.5 Å². The first kappa shape index (κ1) is 14.5. The molecular weight excluding hydrogens is 419 g/mol. The van der Waals surface area contributed by atoms with Gasteiger partial charge in [0.2, 0.25) is 0 Å². The van der Waals surface area contributed by atoms with Gasteiger partial charge in [-0.3, -0.25) is 4.79 Å².